The topological polar surface area (TPSA) is 102 Å². The number of rotatable bonds is 10. The highest BCUT2D eigenvalue weighted by Crippen LogP contribution is 2.23. The minimum absolute atomic E-state index is 0.0124. The maximum absolute atomic E-state index is 12.4. The molecule has 170 valence electrons. The Morgan fingerprint density at radius 3 is 2.41 bits per heavy atom. The third-order valence-corrected chi connectivity index (χ3v) is 7.39. The standard InChI is InChI=1S/C23H27N3O4S2/c1-16(2)31-19-10-8-18(9-11-19)15-22-25-26-23(30-22)24-21(27)5-4-14-32(28,29)20-12-6-17(3)7-13-20/h6-13,16H,4-5,14-15H2,1-3H3,(H,24,26,27). The molecule has 1 N–H and O–H groups in total. The monoisotopic (exact) mass is 473 g/mol. The SMILES string of the molecule is Cc1ccc(S(=O)(=O)CCCC(=O)Nc2nnc(Cc3ccc(SC(C)C)cc3)o2)cc1. The van der Waals surface area contributed by atoms with Gasteiger partial charge in [0.05, 0.1) is 17.1 Å². The van der Waals surface area contributed by atoms with Crippen LogP contribution in [0.25, 0.3) is 0 Å². The van der Waals surface area contributed by atoms with Crippen molar-refractivity contribution in [1.82, 2.24) is 10.2 Å². The van der Waals surface area contributed by atoms with Crippen LogP contribution in [-0.4, -0.2) is 35.5 Å². The third-order valence-electron chi connectivity index (χ3n) is 4.56. The first-order chi connectivity index (χ1) is 15.2. The van der Waals surface area contributed by atoms with Crippen molar-refractivity contribution in [2.24, 2.45) is 0 Å². The Kier molecular flexibility index (Phi) is 8.09. The molecule has 0 atom stereocenters. The summed E-state index contributed by atoms with van der Waals surface area (Å²) in [5, 5.41) is 10.9. The molecule has 0 aliphatic heterocycles. The maximum Gasteiger partial charge on any atom is 0.322 e. The third kappa shape index (κ3) is 7.20. The molecule has 0 saturated carbocycles. The average Bonchev–Trinajstić information content (AvgIpc) is 3.16. The quantitative estimate of drug-likeness (QED) is 0.427. The molecule has 0 spiro atoms. The molecule has 0 unspecified atom stereocenters. The number of hydrogen-bond donors (Lipinski definition) is 1. The van der Waals surface area contributed by atoms with E-state index in [1.165, 1.54) is 4.90 Å². The Bertz CT molecular complexity index is 1140. The average molecular weight is 474 g/mol. The summed E-state index contributed by atoms with van der Waals surface area (Å²) < 4.78 is 30.2. The summed E-state index contributed by atoms with van der Waals surface area (Å²) in [5.74, 6) is -0.0789. The number of aromatic nitrogens is 2. The summed E-state index contributed by atoms with van der Waals surface area (Å²) in [4.78, 5) is 13.6. The molecule has 0 fully saturated rings. The molecule has 0 radical (unpaired) electrons. The molecule has 32 heavy (non-hydrogen) atoms. The molecule has 0 saturated heterocycles. The first-order valence-electron chi connectivity index (χ1n) is 10.4. The van der Waals surface area contributed by atoms with E-state index in [2.05, 4.69) is 41.5 Å². The zero-order valence-corrected chi connectivity index (χ0v) is 20.0. The molecule has 9 heteroatoms. The number of nitrogens with one attached hydrogen (secondary N) is 1. The van der Waals surface area contributed by atoms with Crippen LogP contribution in [0.2, 0.25) is 0 Å². The molecule has 1 heterocycles. The van der Waals surface area contributed by atoms with Gasteiger partial charge in [-0.2, -0.15) is 0 Å². The number of anilines is 1. The second kappa shape index (κ2) is 10.8. The van der Waals surface area contributed by atoms with Gasteiger partial charge in [-0.25, -0.2) is 8.42 Å². The first-order valence-corrected chi connectivity index (χ1v) is 12.9. The maximum atomic E-state index is 12.4. The number of benzene rings is 2. The smallest absolute Gasteiger partial charge is 0.322 e. The van der Waals surface area contributed by atoms with E-state index in [4.69, 9.17) is 4.42 Å². The van der Waals surface area contributed by atoms with Gasteiger partial charge in [-0.15, -0.1) is 16.9 Å². The van der Waals surface area contributed by atoms with Gasteiger partial charge in [0.1, 0.15) is 0 Å². The van der Waals surface area contributed by atoms with Crippen LogP contribution in [0, 0.1) is 6.92 Å². The molecule has 2 aromatic carbocycles. The molecule has 7 nitrogen and oxygen atoms in total. The molecule has 1 amide bonds. The van der Waals surface area contributed by atoms with Gasteiger partial charge in [-0.3, -0.25) is 10.1 Å². The lowest BCUT2D eigenvalue weighted by Crippen LogP contribution is -2.14. The van der Waals surface area contributed by atoms with Gasteiger partial charge in [-0.1, -0.05) is 48.8 Å². The minimum atomic E-state index is -3.42. The van der Waals surface area contributed by atoms with Gasteiger partial charge >= 0.3 is 6.01 Å². The summed E-state index contributed by atoms with van der Waals surface area (Å²) in [6.07, 6.45) is 0.700. The number of aryl methyl sites for hydroxylation is 1. The van der Waals surface area contributed by atoms with E-state index < -0.39 is 9.84 Å². The van der Waals surface area contributed by atoms with E-state index in [-0.39, 0.29) is 35.4 Å². The first kappa shape index (κ1) is 24.0. The zero-order valence-electron chi connectivity index (χ0n) is 18.4. The van der Waals surface area contributed by atoms with E-state index >= 15 is 0 Å². The van der Waals surface area contributed by atoms with Crippen molar-refractivity contribution >= 4 is 33.5 Å². The molecule has 1 aromatic heterocycles. The van der Waals surface area contributed by atoms with Crippen molar-refractivity contribution < 1.29 is 17.6 Å². The van der Waals surface area contributed by atoms with Crippen LogP contribution < -0.4 is 5.32 Å². The van der Waals surface area contributed by atoms with Gasteiger partial charge in [0.2, 0.25) is 11.8 Å². The highest BCUT2D eigenvalue weighted by atomic mass is 32.2. The summed E-state index contributed by atoms with van der Waals surface area (Å²) in [6.45, 7) is 6.19. The molecule has 0 bridgehead atoms. The van der Waals surface area contributed by atoms with Crippen LogP contribution in [0.1, 0.15) is 43.7 Å². The summed E-state index contributed by atoms with van der Waals surface area (Å²) in [5.41, 5.74) is 2.02. The van der Waals surface area contributed by atoms with Crippen molar-refractivity contribution in [3.63, 3.8) is 0 Å². The number of carbonyl (C=O) groups is 1. The van der Waals surface area contributed by atoms with Crippen LogP contribution in [0.5, 0.6) is 0 Å². The van der Waals surface area contributed by atoms with Crippen LogP contribution in [0.3, 0.4) is 0 Å². The predicted molar refractivity (Wildman–Crippen MR) is 126 cm³/mol. The van der Waals surface area contributed by atoms with Crippen LogP contribution in [0.4, 0.5) is 6.01 Å². The Hall–Kier alpha value is -2.65. The second-order valence-electron chi connectivity index (χ2n) is 7.77. The number of thioether (sulfide) groups is 1. The Morgan fingerprint density at radius 2 is 1.75 bits per heavy atom. The van der Waals surface area contributed by atoms with Crippen molar-refractivity contribution in [2.75, 3.05) is 11.1 Å². The summed E-state index contributed by atoms with van der Waals surface area (Å²) >= 11 is 1.79. The molecule has 3 rings (SSSR count). The van der Waals surface area contributed by atoms with Gasteiger partial charge in [0.25, 0.3) is 0 Å². The van der Waals surface area contributed by atoms with Crippen LogP contribution >= 0.6 is 11.8 Å². The van der Waals surface area contributed by atoms with Gasteiger partial charge in [-0.05, 0) is 43.2 Å². The van der Waals surface area contributed by atoms with Gasteiger partial charge in [0, 0.05) is 16.6 Å². The number of nitrogens with zero attached hydrogens (tertiary/aromatic N) is 2. The minimum Gasteiger partial charge on any atom is -0.407 e. The van der Waals surface area contributed by atoms with Crippen LogP contribution in [0.15, 0.2) is 62.7 Å². The molecule has 0 aliphatic rings. The lowest BCUT2D eigenvalue weighted by molar-refractivity contribution is -0.116. The van der Waals surface area contributed by atoms with Crippen molar-refractivity contribution in [2.45, 2.75) is 55.1 Å². The fourth-order valence-electron chi connectivity index (χ4n) is 2.98. The van der Waals surface area contributed by atoms with E-state index in [0.717, 1.165) is 11.1 Å². The number of carbonyl (C=O) groups excluding carboxylic acids is 1. The zero-order chi connectivity index (χ0) is 23.1. The Labute approximate surface area is 192 Å². The largest absolute Gasteiger partial charge is 0.407 e. The molecular weight excluding hydrogens is 446 g/mol. The highest BCUT2D eigenvalue weighted by Gasteiger charge is 2.16. The van der Waals surface area contributed by atoms with Crippen molar-refractivity contribution in [1.29, 1.82) is 0 Å². The molecule has 3 aromatic rings. The van der Waals surface area contributed by atoms with E-state index in [1.54, 1.807) is 36.0 Å². The highest BCUT2D eigenvalue weighted by molar-refractivity contribution is 7.99. The predicted octanol–water partition coefficient (Wildman–Crippen LogP) is 4.66. The lowest BCUT2D eigenvalue weighted by Gasteiger charge is -2.05. The normalized spacial score (nSPS) is 11.6. The van der Waals surface area contributed by atoms with Gasteiger partial charge in [0.15, 0.2) is 9.84 Å². The molecule has 0 aliphatic carbocycles. The van der Waals surface area contributed by atoms with E-state index in [0.29, 0.717) is 17.6 Å². The second-order valence-corrected chi connectivity index (χ2v) is 11.5. The fraction of sp³-hybridized carbons (Fsp3) is 0.348. The Balaban J connectivity index is 1.46. The van der Waals surface area contributed by atoms with Gasteiger partial charge < -0.3 is 4.42 Å². The summed E-state index contributed by atoms with van der Waals surface area (Å²) in [7, 11) is -3.42. The van der Waals surface area contributed by atoms with Crippen molar-refractivity contribution in [3.05, 3.63) is 65.5 Å². The summed E-state index contributed by atoms with van der Waals surface area (Å²) in [6, 6.07) is 14.8. The number of sulfone groups is 1. The lowest BCUT2D eigenvalue weighted by atomic mass is 10.1. The molecular formula is C23H27N3O4S2. The van der Waals surface area contributed by atoms with Crippen molar-refractivity contribution in [3.8, 4) is 0 Å². The van der Waals surface area contributed by atoms with E-state index in [9.17, 15) is 13.2 Å². The Morgan fingerprint density at radius 1 is 1.06 bits per heavy atom. The van der Waals surface area contributed by atoms with Crippen LogP contribution in [-0.2, 0) is 21.1 Å². The number of amides is 1. The van der Waals surface area contributed by atoms with E-state index in [1.807, 2.05) is 19.1 Å². The fourth-order valence-corrected chi connectivity index (χ4v) is 5.12. The number of hydrogen-bond acceptors (Lipinski definition) is 7.